The van der Waals surface area contributed by atoms with Gasteiger partial charge in [-0.1, -0.05) is 0 Å². The van der Waals surface area contributed by atoms with Gasteiger partial charge in [0.05, 0.1) is 0 Å². The summed E-state index contributed by atoms with van der Waals surface area (Å²) < 4.78 is 80.3. The van der Waals surface area contributed by atoms with E-state index in [1.807, 2.05) is 0 Å². The Labute approximate surface area is 96.1 Å². The smallest absolute Gasteiger partial charge is 0.201 e. The number of aromatic amines is 1. The van der Waals surface area contributed by atoms with E-state index in [1.54, 1.807) is 12.1 Å². The number of hydrogen-bond acceptors (Lipinski definition) is 2. The van der Waals surface area contributed by atoms with E-state index in [9.17, 15) is 33.6 Å². The molecule has 0 amide bonds. The van der Waals surface area contributed by atoms with Gasteiger partial charge in [0.1, 0.15) is 0 Å². The molecule has 1 heterocycles. The second-order valence-corrected chi connectivity index (χ2v) is 7.07. The van der Waals surface area contributed by atoms with Crippen molar-refractivity contribution in [2.24, 2.45) is 0 Å². The van der Waals surface area contributed by atoms with Crippen LogP contribution < -0.4 is 4.98 Å². The normalized spacial score (nSPS) is 16.2. The van der Waals surface area contributed by atoms with Crippen molar-refractivity contribution in [3.8, 4) is 0 Å². The average Bonchev–Trinajstić information content (AvgIpc) is 1.98. The number of aromatic nitrogens is 1. The summed E-state index contributed by atoms with van der Waals surface area (Å²) in [5, 5.41) is 0.0108. The van der Waals surface area contributed by atoms with Crippen LogP contribution >= 0.6 is 18.5 Å². The Bertz CT molecular complexity index is 474. The molecule has 0 aliphatic heterocycles. The molecule has 0 saturated carbocycles. The molecule has 0 aromatic carbocycles. The first-order valence-electron chi connectivity index (χ1n) is 3.53. The van der Waals surface area contributed by atoms with Crippen molar-refractivity contribution in [1.29, 1.82) is 0 Å². The van der Waals surface area contributed by atoms with Crippen molar-refractivity contribution in [3.05, 3.63) is 24.4 Å². The molecule has 0 radical (unpaired) electrons. The van der Waals surface area contributed by atoms with Crippen LogP contribution in [0, 0.1) is 0 Å². The van der Waals surface area contributed by atoms with Gasteiger partial charge < -0.3 is 0 Å². The largest absolute Gasteiger partial charge is 0.321 e. The number of H-pyrrole nitrogens is 1. The molecule has 3 nitrogen and oxygen atoms in total. The SMILES string of the molecule is F[P-](F)(F)(F)(F)F.O=S(=O)(Cl)c1cccc[nH+]1. The average molecular weight is 324 g/mol. The zero-order valence-corrected chi connectivity index (χ0v) is 10.1. The van der Waals surface area contributed by atoms with Crippen LogP contribution in [-0.4, -0.2) is 8.42 Å². The Hall–Kier alpha value is -0.600. The quantitative estimate of drug-likeness (QED) is 0.448. The van der Waals surface area contributed by atoms with E-state index in [0.29, 0.717) is 0 Å². The van der Waals surface area contributed by atoms with E-state index in [4.69, 9.17) is 10.7 Å². The molecule has 102 valence electrons. The van der Waals surface area contributed by atoms with Gasteiger partial charge in [0.25, 0.3) is 0 Å². The minimum atomic E-state index is -10.7. The second kappa shape index (κ2) is 3.96. The molecule has 0 fully saturated rings. The van der Waals surface area contributed by atoms with Crippen LogP contribution in [0.1, 0.15) is 0 Å². The molecule has 1 aromatic rings. The van der Waals surface area contributed by atoms with Gasteiger partial charge in [-0.2, -0.15) is 0 Å². The van der Waals surface area contributed by atoms with Crippen molar-refractivity contribution in [1.82, 2.24) is 0 Å². The van der Waals surface area contributed by atoms with Crippen LogP contribution in [0.5, 0.6) is 0 Å². The fraction of sp³-hybridized carbons (Fsp3) is 0. The molecule has 1 N–H and O–H groups in total. The number of hydrogen-bond donors (Lipinski definition) is 0. The Morgan fingerprint density at radius 2 is 1.47 bits per heavy atom. The standard InChI is InChI=1S/C5H4ClNO2S.F6P/c6-10(8,9)5-3-1-2-4-7-5;1-7(2,3,4,5)6/h1-4H;/q;-1/p+1. The predicted molar refractivity (Wildman–Crippen MR) is 49.6 cm³/mol. The molecule has 0 bridgehead atoms. The van der Waals surface area contributed by atoms with Gasteiger partial charge >= 0.3 is 47.1 Å². The van der Waals surface area contributed by atoms with Crippen LogP contribution in [0.2, 0.25) is 0 Å². The Kier molecular flexibility index (Phi) is 3.82. The summed E-state index contributed by atoms with van der Waals surface area (Å²) in [7, 11) is -9.24. The van der Waals surface area contributed by atoms with Crippen molar-refractivity contribution in [3.63, 3.8) is 0 Å². The zero-order valence-electron chi connectivity index (χ0n) is 7.63. The Balaban J connectivity index is 0.000000325. The second-order valence-electron chi connectivity index (χ2n) is 2.62. The van der Waals surface area contributed by atoms with Crippen LogP contribution in [0.25, 0.3) is 0 Å². The Morgan fingerprint density at radius 1 is 1.06 bits per heavy atom. The molecule has 0 saturated heterocycles. The molecule has 17 heavy (non-hydrogen) atoms. The fourth-order valence-electron chi connectivity index (χ4n) is 0.529. The summed E-state index contributed by atoms with van der Waals surface area (Å²) in [5.41, 5.74) is 0. The monoisotopic (exact) mass is 323 g/mol. The van der Waals surface area contributed by atoms with Gasteiger partial charge in [0, 0.05) is 22.8 Å². The van der Waals surface area contributed by atoms with Gasteiger partial charge in [-0.3, -0.25) is 0 Å². The molecule has 0 spiro atoms. The number of pyridine rings is 1. The number of halogens is 7. The zero-order chi connectivity index (χ0) is 14.0. The molecule has 1 rings (SSSR count). The first-order chi connectivity index (χ1) is 7.05. The summed E-state index contributed by atoms with van der Waals surface area (Å²) in [6, 6.07) is 4.65. The van der Waals surface area contributed by atoms with E-state index >= 15 is 0 Å². The molecular weight excluding hydrogens is 319 g/mol. The molecule has 12 heteroatoms. The van der Waals surface area contributed by atoms with Crippen LogP contribution in [-0.2, 0) is 9.05 Å². The van der Waals surface area contributed by atoms with Crippen molar-refractivity contribution < 1.29 is 38.6 Å². The maximum atomic E-state index is 10.6. The molecule has 0 aliphatic carbocycles. The summed E-state index contributed by atoms with van der Waals surface area (Å²) >= 11 is 0. The number of nitrogens with one attached hydrogen (secondary N) is 1. The van der Waals surface area contributed by atoms with E-state index in [2.05, 4.69) is 4.98 Å². The summed E-state index contributed by atoms with van der Waals surface area (Å²) in [4.78, 5) is 2.49. The third kappa shape index (κ3) is 15.4. The first-order valence-corrected chi connectivity index (χ1v) is 7.87. The van der Waals surface area contributed by atoms with Gasteiger partial charge in [-0.15, -0.1) is 0 Å². The first kappa shape index (κ1) is 16.4. The van der Waals surface area contributed by atoms with Crippen molar-refractivity contribution >= 4 is 27.5 Å². The van der Waals surface area contributed by atoms with Gasteiger partial charge in [0.2, 0.25) is 0 Å². The summed E-state index contributed by atoms with van der Waals surface area (Å²) in [5.74, 6) is 0. The van der Waals surface area contributed by atoms with Gasteiger partial charge in [-0.25, -0.2) is 13.4 Å². The maximum absolute atomic E-state index is 10.7. The van der Waals surface area contributed by atoms with E-state index in [1.165, 1.54) is 12.3 Å². The molecular formula is C5H5ClF6NO2PS. The maximum Gasteiger partial charge on any atom is 0.321 e. The molecule has 1 aromatic heterocycles. The van der Waals surface area contributed by atoms with Gasteiger partial charge in [-0.05, 0) is 6.07 Å². The topological polar surface area (TPSA) is 48.3 Å². The summed E-state index contributed by atoms with van der Waals surface area (Å²) in [6.07, 6.45) is 1.50. The summed E-state index contributed by atoms with van der Waals surface area (Å²) in [6.45, 7) is 0. The molecule has 0 atom stereocenters. The van der Waals surface area contributed by atoms with Crippen LogP contribution in [0.15, 0.2) is 29.4 Å². The van der Waals surface area contributed by atoms with E-state index in [-0.39, 0.29) is 5.03 Å². The predicted octanol–water partition coefficient (Wildman–Crippen LogP) is 3.81. The van der Waals surface area contributed by atoms with Crippen LogP contribution in [0.4, 0.5) is 25.2 Å². The fourth-order valence-corrected chi connectivity index (χ4v) is 1.27. The van der Waals surface area contributed by atoms with Gasteiger partial charge in [0.15, 0.2) is 6.20 Å². The molecule has 0 unspecified atom stereocenters. The van der Waals surface area contributed by atoms with Crippen molar-refractivity contribution in [2.45, 2.75) is 5.03 Å². The third-order valence-electron chi connectivity index (χ3n) is 0.943. The minimum absolute atomic E-state index is 0.0108. The number of rotatable bonds is 1. The van der Waals surface area contributed by atoms with Crippen LogP contribution in [0.3, 0.4) is 0 Å². The van der Waals surface area contributed by atoms with Crippen molar-refractivity contribution in [2.75, 3.05) is 0 Å². The third-order valence-corrected chi connectivity index (χ3v) is 2.22. The minimum Gasteiger partial charge on any atom is -0.201 e. The Morgan fingerprint density at radius 3 is 1.65 bits per heavy atom. The van der Waals surface area contributed by atoms with E-state index in [0.717, 1.165) is 0 Å². The van der Waals surface area contributed by atoms with E-state index < -0.39 is 16.9 Å². The molecule has 0 aliphatic rings.